The zero-order valence-corrected chi connectivity index (χ0v) is 13.7. The lowest BCUT2D eigenvalue weighted by Gasteiger charge is -2.43. The first-order chi connectivity index (χ1) is 10.6. The smallest absolute Gasteiger partial charge is 0.124 e. The molecule has 2 heterocycles. The molecule has 1 aromatic heterocycles. The van der Waals surface area contributed by atoms with E-state index < -0.39 is 0 Å². The maximum atomic E-state index is 6.02. The van der Waals surface area contributed by atoms with Crippen LogP contribution in [0.5, 0.6) is 5.75 Å². The lowest BCUT2D eigenvalue weighted by molar-refractivity contribution is -0.00751. The minimum Gasteiger partial charge on any atom is -0.488 e. The third-order valence-electron chi connectivity index (χ3n) is 4.50. The van der Waals surface area contributed by atoms with Crippen molar-refractivity contribution in [2.75, 3.05) is 13.1 Å². The molecule has 1 aliphatic rings. The number of rotatable bonds is 6. The zero-order chi connectivity index (χ0) is 15.5. The third kappa shape index (κ3) is 3.50. The summed E-state index contributed by atoms with van der Waals surface area (Å²) in [6.07, 6.45) is 5.41. The molecular formula is C18H25N3O. The van der Waals surface area contributed by atoms with Crippen molar-refractivity contribution in [3.8, 4) is 5.75 Å². The number of ether oxygens (including phenoxy) is 1. The Morgan fingerprint density at radius 3 is 2.82 bits per heavy atom. The molecular weight excluding hydrogens is 274 g/mol. The van der Waals surface area contributed by atoms with Crippen molar-refractivity contribution < 1.29 is 4.74 Å². The molecule has 1 aliphatic heterocycles. The van der Waals surface area contributed by atoms with E-state index in [1.807, 2.05) is 12.3 Å². The van der Waals surface area contributed by atoms with Crippen LogP contribution in [0.4, 0.5) is 0 Å². The fourth-order valence-electron chi connectivity index (χ4n) is 2.93. The zero-order valence-electron chi connectivity index (χ0n) is 13.7. The highest BCUT2D eigenvalue weighted by Crippen LogP contribution is 2.21. The number of benzene rings is 1. The van der Waals surface area contributed by atoms with Crippen LogP contribution in [0.15, 0.2) is 36.7 Å². The largest absolute Gasteiger partial charge is 0.488 e. The van der Waals surface area contributed by atoms with Crippen LogP contribution in [0.2, 0.25) is 0 Å². The highest BCUT2D eigenvalue weighted by molar-refractivity contribution is 5.27. The second kappa shape index (κ2) is 6.53. The van der Waals surface area contributed by atoms with Crippen molar-refractivity contribution >= 4 is 0 Å². The summed E-state index contributed by atoms with van der Waals surface area (Å²) in [7, 11) is 0. The molecule has 1 aromatic carbocycles. The molecule has 4 nitrogen and oxygen atoms in total. The van der Waals surface area contributed by atoms with E-state index in [2.05, 4.69) is 59.6 Å². The molecule has 0 bridgehead atoms. The average molecular weight is 299 g/mol. The van der Waals surface area contributed by atoms with Crippen LogP contribution in [0.25, 0.3) is 0 Å². The van der Waals surface area contributed by atoms with Gasteiger partial charge in [0.05, 0.1) is 0 Å². The molecule has 1 atom stereocenters. The Hall–Kier alpha value is -1.81. The molecule has 0 spiro atoms. The van der Waals surface area contributed by atoms with E-state index in [0.29, 0.717) is 12.1 Å². The first kappa shape index (κ1) is 15.1. The fourth-order valence-corrected chi connectivity index (χ4v) is 2.93. The van der Waals surface area contributed by atoms with E-state index in [4.69, 9.17) is 4.74 Å². The predicted octanol–water partition coefficient (Wildman–Crippen LogP) is 3.04. The highest BCUT2D eigenvalue weighted by Gasteiger charge is 2.31. The molecule has 0 aliphatic carbocycles. The fraction of sp³-hybridized carbons (Fsp3) is 0.500. The van der Waals surface area contributed by atoms with Crippen molar-refractivity contribution in [3.63, 3.8) is 0 Å². The minimum absolute atomic E-state index is 0.333. The molecule has 0 amide bonds. The predicted molar refractivity (Wildman–Crippen MR) is 88.2 cm³/mol. The van der Waals surface area contributed by atoms with Crippen LogP contribution >= 0.6 is 0 Å². The van der Waals surface area contributed by atoms with E-state index in [-0.39, 0.29) is 0 Å². The van der Waals surface area contributed by atoms with Crippen LogP contribution < -0.4 is 4.74 Å². The lowest BCUT2D eigenvalue weighted by Crippen LogP contribution is -2.57. The van der Waals surface area contributed by atoms with Gasteiger partial charge in [-0.2, -0.15) is 0 Å². The Labute approximate surface area is 132 Å². The number of aromatic nitrogens is 2. The summed E-state index contributed by atoms with van der Waals surface area (Å²) in [5.74, 6) is 2.09. The van der Waals surface area contributed by atoms with Gasteiger partial charge in [0.1, 0.15) is 17.7 Å². The van der Waals surface area contributed by atoms with Crippen LogP contribution in [0, 0.1) is 13.8 Å². The topological polar surface area (TPSA) is 30.3 Å². The van der Waals surface area contributed by atoms with E-state index in [0.717, 1.165) is 37.6 Å². The molecule has 1 fully saturated rings. The standard InChI is InChI=1S/C18H25N3O/c1-14-5-4-6-17(11-14)22-18-12-21(13-18)15(2)7-9-20-10-8-19-16(20)3/h4-6,8,10-11,15,18H,7,9,12-13H2,1-3H3/t15-/m1/s1. The first-order valence-corrected chi connectivity index (χ1v) is 8.07. The lowest BCUT2D eigenvalue weighted by atomic mass is 10.1. The summed E-state index contributed by atoms with van der Waals surface area (Å²) in [6, 6.07) is 8.88. The highest BCUT2D eigenvalue weighted by atomic mass is 16.5. The summed E-state index contributed by atoms with van der Waals surface area (Å²) in [5.41, 5.74) is 1.25. The number of hydrogen-bond donors (Lipinski definition) is 0. The average Bonchev–Trinajstić information content (AvgIpc) is 2.85. The summed E-state index contributed by atoms with van der Waals surface area (Å²) >= 11 is 0. The summed E-state index contributed by atoms with van der Waals surface area (Å²) in [5, 5.41) is 0. The van der Waals surface area contributed by atoms with Crippen LogP contribution in [0.3, 0.4) is 0 Å². The molecule has 118 valence electrons. The third-order valence-corrected chi connectivity index (χ3v) is 4.50. The van der Waals surface area contributed by atoms with Gasteiger partial charge in [-0.3, -0.25) is 4.90 Å². The van der Waals surface area contributed by atoms with Crippen molar-refractivity contribution in [2.24, 2.45) is 0 Å². The maximum absolute atomic E-state index is 6.02. The van der Waals surface area contributed by atoms with Crippen molar-refractivity contribution in [1.82, 2.24) is 14.5 Å². The van der Waals surface area contributed by atoms with Crippen LogP contribution in [-0.4, -0.2) is 39.7 Å². The van der Waals surface area contributed by atoms with Gasteiger partial charge in [0.15, 0.2) is 0 Å². The van der Waals surface area contributed by atoms with Gasteiger partial charge in [-0.25, -0.2) is 4.98 Å². The summed E-state index contributed by atoms with van der Waals surface area (Å²) < 4.78 is 8.24. The second-order valence-corrected chi connectivity index (χ2v) is 6.32. The van der Waals surface area contributed by atoms with Gasteiger partial charge in [0, 0.05) is 38.1 Å². The second-order valence-electron chi connectivity index (χ2n) is 6.32. The Morgan fingerprint density at radius 2 is 2.14 bits per heavy atom. The molecule has 2 aromatic rings. The van der Waals surface area contributed by atoms with Gasteiger partial charge >= 0.3 is 0 Å². The van der Waals surface area contributed by atoms with E-state index in [1.54, 1.807) is 0 Å². The monoisotopic (exact) mass is 299 g/mol. The molecule has 0 saturated carbocycles. The SMILES string of the molecule is Cc1cccc(OC2CN([C@H](C)CCn3ccnc3C)C2)c1. The number of aryl methyl sites for hydroxylation is 3. The molecule has 0 radical (unpaired) electrons. The summed E-state index contributed by atoms with van der Waals surface area (Å²) in [4.78, 5) is 6.76. The number of nitrogens with zero attached hydrogens (tertiary/aromatic N) is 3. The van der Waals surface area contributed by atoms with Gasteiger partial charge in [0.2, 0.25) is 0 Å². The van der Waals surface area contributed by atoms with Gasteiger partial charge in [0.25, 0.3) is 0 Å². The Balaban J connectivity index is 1.42. The Morgan fingerprint density at radius 1 is 1.32 bits per heavy atom. The van der Waals surface area contributed by atoms with E-state index in [9.17, 15) is 0 Å². The van der Waals surface area contributed by atoms with E-state index >= 15 is 0 Å². The quantitative estimate of drug-likeness (QED) is 0.821. The number of hydrogen-bond acceptors (Lipinski definition) is 3. The number of likely N-dealkylation sites (tertiary alicyclic amines) is 1. The van der Waals surface area contributed by atoms with Gasteiger partial charge in [-0.05, 0) is 44.9 Å². The summed E-state index contributed by atoms with van der Waals surface area (Å²) in [6.45, 7) is 9.54. The Bertz CT molecular complexity index is 616. The molecule has 0 unspecified atom stereocenters. The Kier molecular flexibility index (Phi) is 4.48. The van der Waals surface area contributed by atoms with Crippen LogP contribution in [0.1, 0.15) is 24.7 Å². The normalized spacial score (nSPS) is 17.2. The van der Waals surface area contributed by atoms with Gasteiger partial charge in [-0.1, -0.05) is 12.1 Å². The van der Waals surface area contributed by atoms with Crippen molar-refractivity contribution in [1.29, 1.82) is 0 Å². The molecule has 0 N–H and O–H groups in total. The molecule has 3 rings (SSSR count). The first-order valence-electron chi connectivity index (χ1n) is 8.07. The molecule has 22 heavy (non-hydrogen) atoms. The maximum Gasteiger partial charge on any atom is 0.124 e. The minimum atomic E-state index is 0.333. The van der Waals surface area contributed by atoms with Crippen molar-refractivity contribution in [3.05, 3.63) is 48.0 Å². The van der Waals surface area contributed by atoms with Gasteiger partial charge < -0.3 is 9.30 Å². The molecule has 1 saturated heterocycles. The van der Waals surface area contributed by atoms with Crippen molar-refractivity contribution in [2.45, 2.75) is 45.9 Å². The van der Waals surface area contributed by atoms with E-state index in [1.165, 1.54) is 5.56 Å². The van der Waals surface area contributed by atoms with Crippen LogP contribution in [-0.2, 0) is 6.54 Å². The molecule has 4 heteroatoms. The number of imidazole rings is 1. The van der Waals surface area contributed by atoms with Gasteiger partial charge in [-0.15, -0.1) is 0 Å².